The van der Waals surface area contributed by atoms with Crippen molar-refractivity contribution >= 4 is 11.7 Å². The second kappa shape index (κ2) is 9.51. The van der Waals surface area contributed by atoms with Crippen molar-refractivity contribution in [2.24, 2.45) is 5.92 Å². The molecule has 0 atom stereocenters. The fraction of sp³-hybridized carbons (Fsp3) is 0.455. The summed E-state index contributed by atoms with van der Waals surface area (Å²) < 4.78 is 0. The highest BCUT2D eigenvalue weighted by Crippen LogP contribution is 2.21. The van der Waals surface area contributed by atoms with E-state index in [0.29, 0.717) is 6.54 Å². The van der Waals surface area contributed by atoms with Crippen LogP contribution in [0.5, 0.6) is 0 Å². The van der Waals surface area contributed by atoms with E-state index in [1.165, 1.54) is 24.8 Å². The van der Waals surface area contributed by atoms with Crippen LogP contribution in [0.4, 0.5) is 10.5 Å². The number of anilines is 1. The van der Waals surface area contributed by atoms with Gasteiger partial charge in [-0.15, -0.1) is 0 Å². The minimum Gasteiger partial charge on any atom is -0.337 e. The molecular formula is C22H30N4O. The molecule has 1 aromatic carbocycles. The summed E-state index contributed by atoms with van der Waals surface area (Å²) in [5.41, 5.74) is 4.04. The lowest BCUT2D eigenvalue weighted by molar-refractivity contribution is 0.184. The van der Waals surface area contributed by atoms with E-state index >= 15 is 0 Å². The number of nitrogens with zero attached hydrogens (tertiary/aromatic N) is 2. The molecule has 2 aromatic rings. The van der Waals surface area contributed by atoms with Gasteiger partial charge in [-0.2, -0.15) is 0 Å². The maximum absolute atomic E-state index is 12.1. The van der Waals surface area contributed by atoms with Crippen LogP contribution in [0.3, 0.4) is 0 Å². The van der Waals surface area contributed by atoms with Crippen molar-refractivity contribution in [3.05, 3.63) is 59.4 Å². The molecule has 5 heteroatoms. The average Bonchev–Trinajstić information content (AvgIpc) is 2.63. The number of carbonyl (C=O) groups excluding carboxylic acids is 1. The van der Waals surface area contributed by atoms with Gasteiger partial charge < -0.3 is 15.5 Å². The van der Waals surface area contributed by atoms with E-state index in [0.717, 1.165) is 42.6 Å². The van der Waals surface area contributed by atoms with Gasteiger partial charge in [-0.1, -0.05) is 30.3 Å². The van der Waals surface area contributed by atoms with Gasteiger partial charge in [-0.25, -0.2) is 4.79 Å². The molecule has 1 fully saturated rings. The van der Waals surface area contributed by atoms with Crippen molar-refractivity contribution in [1.29, 1.82) is 0 Å². The second-order valence-corrected chi connectivity index (χ2v) is 7.49. The Bertz CT molecular complexity index is 719. The molecule has 0 unspecified atom stereocenters. The Morgan fingerprint density at radius 1 is 1.11 bits per heavy atom. The van der Waals surface area contributed by atoms with E-state index in [2.05, 4.69) is 50.8 Å². The van der Waals surface area contributed by atoms with Crippen LogP contribution in [0.2, 0.25) is 0 Å². The van der Waals surface area contributed by atoms with Crippen LogP contribution in [-0.4, -0.2) is 42.1 Å². The van der Waals surface area contributed by atoms with Gasteiger partial charge in [-0.05, 0) is 69.8 Å². The Labute approximate surface area is 162 Å². The van der Waals surface area contributed by atoms with Gasteiger partial charge in [0.05, 0.1) is 0 Å². The van der Waals surface area contributed by atoms with E-state index in [4.69, 9.17) is 0 Å². The van der Waals surface area contributed by atoms with E-state index in [9.17, 15) is 4.79 Å². The maximum Gasteiger partial charge on any atom is 0.319 e. The number of carbonyl (C=O) groups is 1. The zero-order chi connectivity index (χ0) is 19.1. The van der Waals surface area contributed by atoms with Gasteiger partial charge in [0.25, 0.3) is 0 Å². The van der Waals surface area contributed by atoms with Gasteiger partial charge in [0, 0.05) is 30.2 Å². The summed E-state index contributed by atoms with van der Waals surface area (Å²) in [6, 6.07) is 14.4. The SMILES string of the molecule is Cc1cc(NC(=O)NCCN2CCC(Cc3ccccc3)CC2)cc(C)n1. The number of hydrogen-bond donors (Lipinski definition) is 2. The number of rotatable bonds is 6. The third kappa shape index (κ3) is 6.36. The fourth-order valence-corrected chi connectivity index (χ4v) is 3.77. The summed E-state index contributed by atoms with van der Waals surface area (Å²) in [6.45, 7) is 7.65. The Kier molecular flexibility index (Phi) is 6.82. The number of aryl methyl sites for hydroxylation is 2. The Balaban J connectivity index is 1.33. The number of aromatic nitrogens is 1. The molecule has 1 aliphatic heterocycles. The summed E-state index contributed by atoms with van der Waals surface area (Å²) in [4.78, 5) is 18.8. The van der Waals surface area contributed by atoms with E-state index < -0.39 is 0 Å². The van der Waals surface area contributed by atoms with Gasteiger partial charge in [-0.3, -0.25) is 4.98 Å². The summed E-state index contributed by atoms with van der Waals surface area (Å²) >= 11 is 0. The number of benzene rings is 1. The summed E-state index contributed by atoms with van der Waals surface area (Å²) in [5.74, 6) is 0.776. The predicted octanol–water partition coefficient (Wildman–Crippen LogP) is 3.77. The first-order valence-corrected chi connectivity index (χ1v) is 9.85. The highest BCUT2D eigenvalue weighted by molar-refractivity contribution is 5.89. The smallest absolute Gasteiger partial charge is 0.319 e. The number of amides is 2. The summed E-state index contributed by atoms with van der Waals surface area (Å²) in [7, 11) is 0. The maximum atomic E-state index is 12.1. The molecule has 3 rings (SSSR count). The van der Waals surface area contributed by atoms with Crippen LogP contribution in [0.1, 0.15) is 29.8 Å². The van der Waals surface area contributed by atoms with Gasteiger partial charge in [0.2, 0.25) is 0 Å². The minimum absolute atomic E-state index is 0.154. The van der Waals surface area contributed by atoms with Gasteiger partial charge >= 0.3 is 6.03 Å². The first-order chi connectivity index (χ1) is 13.1. The molecule has 0 radical (unpaired) electrons. The molecule has 144 valence electrons. The molecule has 2 N–H and O–H groups in total. The van der Waals surface area contributed by atoms with Crippen LogP contribution in [0.25, 0.3) is 0 Å². The number of piperidine rings is 1. The fourth-order valence-electron chi connectivity index (χ4n) is 3.77. The van der Waals surface area contributed by atoms with E-state index in [1.54, 1.807) is 0 Å². The number of hydrogen-bond acceptors (Lipinski definition) is 3. The molecular weight excluding hydrogens is 336 g/mol. The Morgan fingerprint density at radius 3 is 2.44 bits per heavy atom. The van der Waals surface area contributed by atoms with Crippen LogP contribution >= 0.6 is 0 Å². The van der Waals surface area contributed by atoms with E-state index in [1.807, 2.05) is 26.0 Å². The monoisotopic (exact) mass is 366 g/mol. The number of likely N-dealkylation sites (tertiary alicyclic amines) is 1. The lowest BCUT2D eigenvalue weighted by Gasteiger charge is -2.32. The van der Waals surface area contributed by atoms with Crippen molar-refractivity contribution in [2.45, 2.75) is 33.1 Å². The predicted molar refractivity (Wildman–Crippen MR) is 110 cm³/mol. The quantitative estimate of drug-likeness (QED) is 0.818. The molecule has 2 amide bonds. The van der Waals surface area contributed by atoms with Gasteiger partial charge in [0.1, 0.15) is 0 Å². The van der Waals surface area contributed by atoms with Crippen molar-refractivity contribution in [3.8, 4) is 0 Å². The molecule has 2 heterocycles. The van der Waals surface area contributed by atoms with Crippen molar-refractivity contribution < 1.29 is 4.79 Å². The Morgan fingerprint density at radius 2 is 1.78 bits per heavy atom. The molecule has 0 bridgehead atoms. The standard InChI is InChI=1S/C22H30N4O/c1-17-14-21(15-18(2)24-17)25-22(27)23-10-13-26-11-8-20(9-12-26)16-19-6-4-3-5-7-19/h3-7,14-15,20H,8-13,16H2,1-2H3,(H2,23,24,25,27). The average molecular weight is 367 g/mol. The third-order valence-electron chi connectivity index (χ3n) is 5.13. The van der Waals surface area contributed by atoms with Gasteiger partial charge in [0.15, 0.2) is 0 Å². The Hall–Kier alpha value is -2.40. The number of pyridine rings is 1. The highest BCUT2D eigenvalue weighted by Gasteiger charge is 2.19. The molecule has 1 aliphatic rings. The van der Waals surface area contributed by atoms with Crippen LogP contribution < -0.4 is 10.6 Å². The van der Waals surface area contributed by atoms with Crippen molar-refractivity contribution in [3.63, 3.8) is 0 Å². The van der Waals surface area contributed by atoms with Crippen LogP contribution in [-0.2, 0) is 6.42 Å². The highest BCUT2D eigenvalue weighted by atomic mass is 16.2. The minimum atomic E-state index is -0.154. The molecule has 5 nitrogen and oxygen atoms in total. The van der Waals surface area contributed by atoms with Crippen LogP contribution in [0, 0.1) is 19.8 Å². The molecule has 1 saturated heterocycles. The zero-order valence-corrected chi connectivity index (χ0v) is 16.4. The summed E-state index contributed by atoms with van der Waals surface area (Å²) in [5, 5.41) is 5.84. The lowest BCUT2D eigenvalue weighted by Crippen LogP contribution is -2.40. The first kappa shape index (κ1) is 19.4. The number of urea groups is 1. The zero-order valence-electron chi connectivity index (χ0n) is 16.4. The molecule has 0 saturated carbocycles. The second-order valence-electron chi connectivity index (χ2n) is 7.49. The first-order valence-electron chi connectivity index (χ1n) is 9.85. The molecule has 0 aliphatic carbocycles. The van der Waals surface area contributed by atoms with Crippen molar-refractivity contribution in [1.82, 2.24) is 15.2 Å². The molecule has 27 heavy (non-hydrogen) atoms. The van der Waals surface area contributed by atoms with Crippen LogP contribution in [0.15, 0.2) is 42.5 Å². The normalized spacial score (nSPS) is 15.5. The van der Waals surface area contributed by atoms with E-state index in [-0.39, 0.29) is 6.03 Å². The third-order valence-corrected chi connectivity index (χ3v) is 5.13. The number of nitrogens with one attached hydrogen (secondary N) is 2. The molecule has 1 aromatic heterocycles. The molecule has 0 spiro atoms. The largest absolute Gasteiger partial charge is 0.337 e. The lowest BCUT2D eigenvalue weighted by atomic mass is 9.90. The summed E-state index contributed by atoms with van der Waals surface area (Å²) in [6.07, 6.45) is 3.65. The van der Waals surface area contributed by atoms with Crippen molar-refractivity contribution in [2.75, 3.05) is 31.5 Å². The topological polar surface area (TPSA) is 57.3 Å².